The molecular weight excluding hydrogens is 326 g/mol. The minimum absolute atomic E-state index is 0.0958. The van der Waals surface area contributed by atoms with Crippen LogP contribution in [0.3, 0.4) is 0 Å². The third kappa shape index (κ3) is 3.21. The number of nitrogens with one attached hydrogen (secondary N) is 1. The van der Waals surface area contributed by atoms with Gasteiger partial charge in [-0.25, -0.2) is 0 Å². The molecular formula is C17H15N3O3S. The van der Waals surface area contributed by atoms with E-state index in [9.17, 15) is 14.4 Å². The van der Waals surface area contributed by atoms with Crippen molar-refractivity contribution in [2.45, 2.75) is 13.0 Å². The number of amides is 2. The number of fused-ring (bicyclic) bond motifs is 1. The molecule has 0 atom stereocenters. The Labute approximate surface area is 141 Å². The largest absolute Gasteiger partial charge is 0.366 e. The van der Waals surface area contributed by atoms with Crippen LogP contribution in [0.5, 0.6) is 0 Å². The molecule has 2 aromatic carbocycles. The van der Waals surface area contributed by atoms with Gasteiger partial charge in [-0.3, -0.25) is 19.0 Å². The lowest BCUT2D eigenvalue weighted by Gasteiger charge is -2.09. The summed E-state index contributed by atoms with van der Waals surface area (Å²) >= 11 is 1.16. The summed E-state index contributed by atoms with van der Waals surface area (Å²) in [5.41, 5.74) is 6.73. The molecule has 1 aromatic heterocycles. The van der Waals surface area contributed by atoms with Gasteiger partial charge < -0.3 is 11.1 Å². The quantitative estimate of drug-likeness (QED) is 0.745. The van der Waals surface area contributed by atoms with Gasteiger partial charge in [0.1, 0.15) is 0 Å². The number of benzene rings is 2. The van der Waals surface area contributed by atoms with E-state index in [2.05, 4.69) is 5.32 Å². The second kappa shape index (κ2) is 6.67. The number of rotatable bonds is 5. The van der Waals surface area contributed by atoms with Gasteiger partial charge >= 0.3 is 4.87 Å². The van der Waals surface area contributed by atoms with Crippen molar-refractivity contribution in [3.8, 4) is 0 Å². The van der Waals surface area contributed by atoms with Crippen LogP contribution in [0.2, 0.25) is 0 Å². The van der Waals surface area contributed by atoms with Crippen molar-refractivity contribution in [1.29, 1.82) is 0 Å². The van der Waals surface area contributed by atoms with Crippen molar-refractivity contribution in [3.05, 3.63) is 63.8 Å². The van der Waals surface area contributed by atoms with Gasteiger partial charge in [0.25, 0.3) is 5.91 Å². The van der Waals surface area contributed by atoms with Crippen LogP contribution < -0.4 is 15.9 Å². The first kappa shape index (κ1) is 15.9. The van der Waals surface area contributed by atoms with Crippen molar-refractivity contribution in [1.82, 2.24) is 4.57 Å². The van der Waals surface area contributed by atoms with Crippen LogP contribution in [0, 0.1) is 0 Å². The van der Waals surface area contributed by atoms with Gasteiger partial charge in [0.2, 0.25) is 5.91 Å². The van der Waals surface area contributed by atoms with Crippen molar-refractivity contribution >= 4 is 39.1 Å². The van der Waals surface area contributed by atoms with Crippen LogP contribution in [-0.4, -0.2) is 16.4 Å². The molecule has 2 amide bonds. The summed E-state index contributed by atoms with van der Waals surface area (Å²) in [6.07, 6.45) is 0.119. The molecule has 0 radical (unpaired) electrons. The summed E-state index contributed by atoms with van der Waals surface area (Å²) in [4.78, 5) is 35.5. The summed E-state index contributed by atoms with van der Waals surface area (Å²) in [6, 6.07) is 14.0. The maximum Gasteiger partial charge on any atom is 0.308 e. The average molecular weight is 341 g/mol. The molecule has 0 spiro atoms. The predicted octanol–water partition coefficient (Wildman–Crippen LogP) is 2.19. The minimum Gasteiger partial charge on any atom is -0.366 e. The topological polar surface area (TPSA) is 94.2 Å². The molecule has 3 aromatic rings. The first-order valence-electron chi connectivity index (χ1n) is 7.33. The van der Waals surface area contributed by atoms with E-state index < -0.39 is 5.91 Å². The van der Waals surface area contributed by atoms with Crippen LogP contribution in [0.1, 0.15) is 16.8 Å². The molecule has 0 saturated heterocycles. The Morgan fingerprint density at radius 2 is 1.79 bits per heavy atom. The Kier molecular flexibility index (Phi) is 4.43. The summed E-state index contributed by atoms with van der Waals surface area (Å²) in [6.45, 7) is 0.271. The van der Waals surface area contributed by atoms with Crippen molar-refractivity contribution in [2.75, 3.05) is 5.32 Å². The highest BCUT2D eigenvalue weighted by atomic mass is 32.1. The highest BCUT2D eigenvalue weighted by molar-refractivity contribution is 7.16. The fourth-order valence-electron chi connectivity index (χ4n) is 2.46. The van der Waals surface area contributed by atoms with Crippen molar-refractivity contribution in [2.24, 2.45) is 5.73 Å². The van der Waals surface area contributed by atoms with Gasteiger partial charge in [-0.1, -0.05) is 35.6 Å². The lowest BCUT2D eigenvalue weighted by atomic mass is 10.1. The number of thiazole rings is 1. The van der Waals surface area contributed by atoms with Crippen LogP contribution >= 0.6 is 11.3 Å². The molecule has 24 heavy (non-hydrogen) atoms. The SMILES string of the molecule is NC(=O)c1ccccc1NC(=O)CCn1c(=O)sc2ccccc21. The molecule has 0 aliphatic heterocycles. The summed E-state index contributed by atoms with van der Waals surface area (Å²) < 4.78 is 2.47. The molecule has 3 rings (SSSR count). The highest BCUT2D eigenvalue weighted by Crippen LogP contribution is 2.17. The normalized spacial score (nSPS) is 10.7. The van der Waals surface area contributed by atoms with Gasteiger partial charge in [0.05, 0.1) is 21.5 Å². The Morgan fingerprint density at radius 3 is 2.58 bits per heavy atom. The molecule has 0 fully saturated rings. The summed E-state index contributed by atoms with van der Waals surface area (Å²) in [5.74, 6) is -0.892. The lowest BCUT2D eigenvalue weighted by Crippen LogP contribution is -2.21. The van der Waals surface area contributed by atoms with Crippen LogP contribution in [-0.2, 0) is 11.3 Å². The van der Waals surface area contributed by atoms with Crippen LogP contribution in [0.25, 0.3) is 10.2 Å². The van der Waals surface area contributed by atoms with Crippen molar-refractivity contribution in [3.63, 3.8) is 0 Å². The van der Waals surface area contributed by atoms with Gasteiger partial charge in [0.15, 0.2) is 0 Å². The van der Waals surface area contributed by atoms with Crippen molar-refractivity contribution < 1.29 is 9.59 Å². The Bertz CT molecular complexity index is 974. The first-order chi connectivity index (χ1) is 11.6. The fraction of sp³-hybridized carbons (Fsp3) is 0.118. The number of aryl methyl sites for hydroxylation is 1. The van der Waals surface area contributed by atoms with E-state index in [0.29, 0.717) is 5.69 Å². The zero-order chi connectivity index (χ0) is 17.1. The maximum absolute atomic E-state index is 12.2. The van der Waals surface area contributed by atoms with E-state index in [4.69, 9.17) is 5.73 Å². The number of carbonyl (C=O) groups excluding carboxylic acids is 2. The summed E-state index contributed by atoms with van der Waals surface area (Å²) in [5, 5.41) is 2.67. The molecule has 0 bridgehead atoms. The van der Waals surface area contributed by atoms with Gasteiger partial charge in [-0.15, -0.1) is 0 Å². The number of hydrogen-bond acceptors (Lipinski definition) is 4. The Morgan fingerprint density at radius 1 is 1.08 bits per heavy atom. The van der Waals surface area contributed by atoms with E-state index in [1.807, 2.05) is 24.3 Å². The highest BCUT2D eigenvalue weighted by Gasteiger charge is 2.12. The molecule has 6 nitrogen and oxygen atoms in total. The lowest BCUT2D eigenvalue weighted by molar-refractivity contribution is -0.116. The number of aromatic nitrogens is 1. The number of nitrogens with zero attached hydrogens (tertiary/aromatic N) is 1. The molecule has 3 N–H and O–H groups in total. The Balaban J connectivity index is 1.73. The standard InChI is InChI=1S/C17H15N3O3S/c18-16(22)11-5-1-2-6-12(11)19-15(21)9-10-20-13-7-3-4-8-14(13)24-17(20)23/h1-8H,9-10H2,(H2,18,22)(H,19,21). The minimum atomic E-state index is -0.606. The van der Waals surface area contributed by atoms with Gasteiger partial charge in [0, 0.05) is 13.0 Å². The smallest absolute Gasteiger partial charge is 0.308 e. The zero-order valence-corrected chi connectivity index (χ0v) is 13.5. The number of carbonyl (C=O) groups is 2. The average Bonchev–Trinajstić information content (AvgIpc) is 2.88. The summed E-state index contributed by atoms with van der Waals surface area (Å²) in [7, 11) is 0. The number of para-hydroxylation sites is 2. The van der Waals surface area contributed by atoms with Crippen LogP contribution in [0.15, 0.2) is 53.3 Å². The number of primary amides is 1. The second-order valence-corrected chi connectivity index (χ2v) is 6.19. The van der Waals surface area contributed by atoms with E-state index in [1.165, 1.54) is 0 Å². The first-order valence-corrected chi connectivity index (χ1v) is 8.15. The third-order valence-corrected chi connectivity index (χ3v) is 4.56. The Hall–Kier alpha value is -2.93. The maximum atomic E-state index is 12.2. The zero-order valence-electron chi connectivity index (χ0n) is 12.7. The molecule has 0 aliphatic rings. The number of nitrogens with two attached hydrogens (primary N) is 1. The van der Waals surface area contributed by atoms with E-state index >= 15 is 0 Å². The molecule has 0 aliphatic carbocycles. The molecule has 122 valence electrons. The molecule has 0 saturated carbocycles. The monoisotopic (exact) mass is 341 g/mol. The van der Waals surface area contributed by atoms with Crippen LogP contribution in [0.4, 0.5) is 5.69 Å². The van der Waals surface area contributed by atoms with Gasteiger partial charge in [-0.2, -0.15) is 0 Å². The van der Waals surface area contributed by atoms with E-state index in [1.54, 1.807) is 28.8 Å². The third-order valence-electron chi connectivity index (χ3n) is 3.60. The van der Waals surface area contributed by atoms with E-state index in [0.717, 1.165) is 21.6 Å². The predicted molar refractivity (Wildman–Crippen MR) is 94.3 cm³/mol. The fourth-order valence-corrected chi connectivity index (χ4v) is 3.38. The molecule has 0 unspecified atom stereocenters. The van der Waals surface area contributed by atoms with E-state index in [-0.39, 0.29) is 29.3 Å². The molecule has 7 heteroatoms. The van der Waals surface area contributed by atoms with Gasteiger partial charge in [-0.05, 0) is 24.3 Å². The second-order valence-electron chi connectivity index (χ2n) is 5.20. The molecule has 1 heterocycles. The number of anilines is 1. The number of hydrogen-bond donors (Lipinski definition) is 2.